The van der Waals surface area contributed by atoms with E-state index in [9.17, 15) is 9.59 Å². The highest BCUT2D eigenvalue weighted by Crippen LogP contribution is 2.29. The highest BCUT2D eigenvalue weighted by atomic mass is 32.2. The van der Waals surface area contributed by atoms with Gasteiger partial charge in [0.25, 0.3) is 0 Å². The maximum atomic E-state index is 13.5. The molecule has 2 fully saturated rings. The number of thioether (sulfide) groups is 1. The normalized spacial score (nSPS) is 19.9. The molecular formula is C24H39N3O2S. The zero-order valence-electron chi connectivity index (χ0n) is 19.0. The summed E-state index contributed by atoms with van der Waals surface area (Å²) in [5, 5.41) is 3.97. The molecule has 0 spiro atoms. The van der Waals surface area contributed by atoms with Gasteiger partial charge in [0.05, 0.1) is 5.03 Å². The molecule has 1 aliphatic carbocycles. The summed E-state index contributed by atoms with van der Waals surface area (Å²) in [7, 11) is 0. The van der Waals surface area contributed by atoms with E-state index in [4.69, 9.17) is 0 Å². The van der Waals surface area contributed by atoms with E-state index in [1.807, 2.05) is 37.8 Å². The van der Waals surface area contributed by atoms with Crippen LogP contribution in [0.1, 0.15) is 78.6 Å². The fourth-order valence-electron chi connectivity index (χ4n) is 4.39. The number of rotatable bonds is 7. The predicted molar refractivity (Wildman–Crippen MR) is 127 cm³/mol. The van der Waals surface area contributed by atoms with Gasteiger partial charge in [0.15, 0.2) is 0 Å². The second-order valence-corrected chi connectivity index (χ2v) is 9.50. The third-order valence-electron chi connectivity index (χ3n) is 6.14. The molecular weight excluding hydrogens is 394 g/mol. The predicted octanol–water partition coefficient (Wildman–Crippen LogP) is 5.81. The molecule has 0 unspecified atom stereocenters. The van der Waals surface area contributed by atoms with Gasteiger partial charge in [-0.25, -0.2) is 4.79 Å². The van der Waals surface area contributed by atoms with Crippen LogP contribution in [0, 0.1) is 0 Å². The molecule has 3 amide bonds. The van der Waals surface area contributed by atoms with E-state index in [0.717, 1.165) is 48.7 Å². The minimum Gasteiger partial charge on any atom is -0.343 e. The first-order valence-corrected chi connectivity index (χ1v) is 12.3. The molecule has 1 N–H and O–H groups in total. The zero-order chi connectivity index (χ0) is 21.9. The van der Waals surface area contributed by atoms with E-state index >= 15 is 0 Å². The van der Waals surface area contributed by atoms with Crippen molar-refractivity contribution in [3.63, 3.8) is 0 Å². The lowest BCUT2D eigenvalue weighted by Crippen LogP contribution is -2.55. The van der Waals surface area contributed by atoms with Gasteiger partial charge in [-0.1, -0.05) is 63.1 Å². The molecule has 1 aliphatic heterocycles. The van der Waals surface area contributed by atoms with Crippen molar-refractivity contribution >= 4 is 23.7 Å². The van der Waals surface area contributed by atoms with E-state index in [1.54, 1.807) is 17.8 Å². The summed E-state index contributed by atoms with van der Waals surface area (Å²) in [5.74, 6) is 0.216. The molecule has 5 nitrogen and oxygen atoms in total. The lowest BCUT2D eigenvalue weighted by atomic mass is 9.98. The number of carbonyl (C=O) groups excluding carboxylic acids is 2. The van der Waals surface area contributed by atoms with Gasteiger partial charge in [-0.3, -0.25) is 4.79 Å². The minimum absolute atomic E-state index is 0.00771. The Morgan fingerprint density at radius 2 is 1.70 bits per heavy atom. The standard InChI is InChI=1S/C24H39N3O2S/c1-5-12-22(30-19(4)6-2)25-24(29)27(20-13-10-8-9-11-14-20)21-15-17-26(18-16-21)23(28)7-3/h5-6,12,20-21H,1,7-11,13-18H2,2-4H3,(H,25,29)/b19-6-,22-12+. The Balaban J connectivity index is 2.16. The van der Waals surface area contributed by atoms with Crippen LogP contribution in [0.25, 0.3) is 0 Å². The van der Waals surface area contributed by atoms with Crippen LogP contribution < -0.4 is 5.32 Å². The summed E-state index contributed by atoms with van der Waals surface area (Å²) in [6, 6.07) is 0.460. The summed E-state index contributed by atoms with van der Waals surface area (Å²) in [5.41, 5.74) is 0. The second-order valence-electron chi connectivity index (χ2n) is 8.22. The lowest BCUT2D eigenvalue weighted by Gasteiger charge is -2.42. The molecule has 1 saturated heterocycles. The summed E-state index contributed by atoms with van der Waals surface area (Å²) >= 11 is 1.56. The Bertz CT molecular complexity index is 643. The van der Waals surface area contributed by atoms with Crippen molar-refractivity contribution < 1.29 is 9.59 Å². The first kappa shape index (κ1) is 24.6. The Labute approximate surface area is 187 Å². The van der Waals surface area contributed by atoms with Gasteiger partial charge in [-0.05, 0) is 50.5 Å². The quantitative estimate of drug-likeness (QED) is 0.407. The van der Waals surface area contributed by atoms with Crippen LogP contribution in [0.15, 0.2) is 34.7 Å². The Kier molecular flexibility index (Phi) is 10.6. The second kappa shape index (κ2) is 12.9. The van der Waals surface area contributed by atoms with Crippen LogP contribution in [0.5, 0.6) is 0 Å². The maximum absolute atomic E-state index is 13.5. The molecule has 168 valence electrons. The van der Waals surface area contributed by atoms with Crippen molar-refractivity contribution in [3.05, 3.63) is 34.7 Å². The van der Waals surface area contributed by atoms with E-state index in [0.29, 0.717) is 6.42 Å². The summed E-state index contributed by atoms with van der Waals surface area (Å²) in [6.07, 6.45) is 14.9. The van der Waals surface area contributed by atoms with Crippen LogP contribution in [0.2, 0.25) is 0 Å². The van der Waals surface area contributed by atoms with Gasteiger partial charge < -0.3 is 15.1 Å². The Hall–Kier alpha value is -1.69. The zero-order valence-corrected chi connectivity index (χ0v) is 19.8. The SMILES string of the molecule is C=C/C=C(\NC(=O)N(C1CCCCCC1)C1CCN(C(=O)CC)CC1)S/C(C)=C\C. The fraction of sp³-hybridized carbons (Fsp3) is 0.667. The van der Waals surface area contributed by atoms with Gasteiger partial charge in [0, 0.05) is 31.6 Å². The lowest BCUT2D eigenvalue weighted by molar-refractivity contribution is -0.132. The molecule has 30 heavy (non-hydrogen) atoms. The third kappa shape index (κ3) is 7.22. The molecule has 6 heteroatoms. The van der Waals surface area contributed by atoms with Crippen molar-refractivity contribution in [3.8, 4) is 0 Å². The summed E-state index contributed by atoms with van der Waals surface area (Å²) < 4.78 is 0. The first-order chi connectivity index (χ1) is 14.5. The molecule has 1 saturated carbocycles. The highest BCUT2D eigenvalue weighted by Gasteiger charge is 2.34. The van der Waals surface area contributed by atoms with E-state index in [2.05, 4.69) is 16.8 Å². The van der Waals surface area contributed by atoms with Crippen molar-refractivity contribution in [2.24, 2.45) is 0 Å². The molecule has 0 aromatic carbocycles. The number of likely N-dealkylation sites (tertiary alicyclic amines) is 1. The molecule has 0 radical (unpaired) electrons. The van der Waals surface area contributed by atoms with Crippen LogP contribution in [-0.4, -0.2) is 46.9 Å². The third-order valence-corrected chi connectivity index (χ3v) is 7.16. The van der Waals surface area contributed by atoms with Crippen LogP contribution in [0.3, 0.4) is 0 Å². The fourth-order valence-corrected chi connectivity index (χ4v) is 5.16. The monoisotopic (exact) mass is 433 g/mol. The molecule has 2 aliphatic rings. The number of amides is 3. The van der Waals surface area contributed by atoms with Crippen molar-refractivity contribution in [1.82, 2.24) is 15.1 Å². The average molecular weight is 434 g/mol. The number of piperidine rings is 1. The first-order valence-electron chi connectivity index (χ1n) is 11.5. The smallest absolute Gasteiger partial charge is 0.322 e. The van der Waals surface area contributed by atoms with Crippen LogP contribution in [-0.2, 0) is 4.79 Å². The number of nitrogens with zero attached hydrogens (tertiary/aromatic N) is 2. The number of hydrogen-bond donors (Lipinski definition) is 1. The maximum Gasteiger partial charge on any atom is 0.322 e. The number of allylic oxidation sites excluding steroid dienone is 4. The Morgan fingerprint density at radius 1 is 1.10 bits per heavy atom. The number of carbonyl (C=O) groups is 2. The summed E-state index contributed by atoms with van der Waals surface area (Å²) in [4.78, 5) is 30.8. The molecule has 0 aromatic heterocycles. The molecule has 2 rings (SSSR count). The minimum atomic E-state index is -0.00771. The average Bonchev–Trinajstić information content (AvgIpc) is 3.03. The molecule has 0 atom stereocenters. The van der Waals surface area contributed by atoms with Crippen LogP contribution in [0.4, 0.5) is 4.79 Å². The van der Waals surface area contributed by atoms with Gasteiger partial charge in [-0.15, -0.1) is 0 Å². The van der Waals surface area contributed by atoms with Gasteiger partial charge in [0.2, 0.25) is 5.91 Å². The largest absolute Gasteiger partial charge is 0.343 e. The molecule has 0 aromatic rings. The number of urea groups is 1. The van der Waals surface area contributed by atoms with Crippen molar-refractivity contribution in [1.29, 1.82) is 0 Å². The van der Waals surface area contributed by atoms with Crippen LogP contribution >= 0.6 is 11.8 Å². The molecule has 0 bridgehead atoms. The number of hydrogen-bond acceptors (Lipinski definition) is 3. The van der Waals surface area contributed by atoms with E-state index < -0.39 is 0 Å². The van der Waals surface area contributed by atoms with E-state index in [1.165, 1.54) is 25.7 Å². The van der Waals surface area contributed by atoms with Crippen molar-refractivity contribution in [2.75, 3.05) is 13.1 Å². The van der Waals surface area contributed by atoms with E-state index in [-0.39, 0.29) is 24.0 Å². The van der Waals surface area contributed by atoms with Gasteiger partial charge in [0.1, 0.15) is 0 Å². The number of nitrogens with one attached hydrogen (secondary N) is 1. The topological polar surface area (TPSA) is 52.7 Å². The molecule has 1 heterocycles. The van der Waals surface area contributed by atoms with Gasteiger partial charge >= 0.3 is 6.03 Å². The summed E-state index contributed by atoms with van der Waals surface area (Å²) in [6.45, 7) is 11.2. The Morgan fingerprint density at radius 3 is 2.23 bits per heavy atom. The highest BCUT2D eigenvalue weighted by molar-refractivity contribution is 8.06. The van der Waals surface area contributed by atoms with Gasteiger partial charge in [-0.2, -0.15) is 0 Å². The van der Waals surface area contributed by atoms with Crippen molar-refractivity contribution in [2.45, 2.75) is 90.6 Å².